The van der Waals surface area contributed by atoms with Gasteiger partial charge in [0.05, 0.1) is 14.9 Å². The highest BCUT2D eigenvalue weighted by Crippen LogP contribution is 2.39. The molecule has 0 spiro atoms. The van der Waals surface area contributed by atoms with E-state index in [9.17, 15) is 8.42 Å². The summed E-state index contributed by atoms with van der Waals surface area (Å²) in [5.41, 5.74) is 0. The van der Waals surface area contributed by atoms with Crippen molar-refractivity contribution in [3.8, 4) is 0 Å². The minimum atomic E-state index is -3.57. The Balaban J connectivity index is 1.45. The zero-order valence-corrected chi connectivity index (χ0v) is 16.4. The molecular weight excluding hydrogens is 403 g/mol. The van der Waals surface area contributed by atoms with Gasteiger partial charge in [0.2, 0.25) is 15.2 Å². The molecule has 1 saturated carbocycles. The van der Waals surface area contributed by atoms with Gasteiger partial charge in [-0.2, -0.15) is 8.68 Å². The van der Waals surface area contributed by atoms with E-state index in [1.165, 1.54) is 46.9 Å². The lowest BCUT2D eigenvalue weighted by molar-refractivity contribution is 0.384. The zero-order valence-electron chi connectivity index (χ0n) is 13.2. The number of benzene rings is 1. The van der Waals surface area contributed by atoms with Gasteiger partial charge in [0.1, 0.15) is 5.82 Å². The molecule has 6 nitrogen and oxygen atoms in total. The van der Waals surface area contributed by atoms with Gasteiger partial charge < -0.3 is 4.90 Å². The Kier molecular flexibility index (Phi) is 4.66. The number of aromatic nitrogens is 2. The first-order valence-electron chi connectivity index (χ1n) is 7.99. The van der Waals surface area contributed by atoms with Crippen molar-refractivity contribution in [1.82, 2.24) is 13.7 Å². The van der Waals surface area contributed by atoms with Crippen molar-refractivity contribution in [2.24, 2.45) is 0 Å². The largest absolute Gasteiger partial charge is 0.344 e. The van der Waals surface area contributed by atoms with Gasteiger partial charge in [0.15, 0.2) is 0 Å². The third kappa shape index (κ3) is 3.50. The molecule has 0 atom stereocenters. The maximum atomic E-state index is 12.8. The van der Waals surface area contributed by atoms with E-state index < -0.39 is 10.0 Å². The Hall–Kier alpha value is -0.930. The Morgan fingerprint density at radius 2 is 1.80 bits per heavy atom. The minimum absolute atomic E-state index is 0.169. The molecule has 2 aromatic rings. The summed E-state index contributed by atoms with van der Waals surface area (Å²) >= 11 is 13.2. The van der Waals surface area contributed by atoms with E-state index in [1.54, 1.807) is 0 Å². The number of hydrogen-bond donors (Lipinski definition) is 0. The fourth-order valence-corrected chi connectivity index (χ4v) is 5.38. The second kappa shape index (κ2) is 6.66. The highest BCUT2D eigenvalue weighted by atomic mass is 35.5. The summed E-state index contributed by atoms with van der Waals surface area (Å²) in [6.07, 6.45) is 2.34. The van der Waals surface area contributed by atoms with Crippen molar-refractivity contribution in [2.45, 2.75) is 23.7 Å². The van der Waals surface area contributed by atoms with Gasteiger partial charge in [-0.05, 0) is 31.0 Å². The molecule has 1 aromatic heterocycles. The van der Waals surface area contributed by atoms with Crippen molar-refractivity contribution < 1.29 is 8.42 Å². The summed E-state index contributed by atoms with van der Waals surface area (Å²) in [6.45, 7) is 2.00. The first-order chi connectivity index (χ1) is 11.9. The molecular formula is C15H16Cl2N4O2S2. The van der Waals surface area contributed by atoms with E-state index in [0.717, 1.165) is 11.0 Å². The summed E-state index contributed by atoms with van der Waals surface area (Å²) in [4.78, 5) is 6.87. The van der Waals surface area contributed by atoms with Crippen LogP contribution in [0.1, 0.15) is 24.6 Å². The molecule has 134 valence electrons. The maximum absolute atomic E-state index is 12.8. The summed E-state index contributed by atoms with van der Waals surface area (Å²) in [5, 5.41) is 1.46. The molecule has 4 rings (SSSR count). The van der Waals surface area contributed by atoms with Crippen LogP contribution in [-0.4, -0.2) is 48.3 Å². The predicted octanol–water partition coefficient (Wildman–Crippen LogP) is 3.23. The average Bonchev–Trinajstić information content (AvgIpc) is 3.34. The number of rotatable bonds is 4. The molecule has 0 N–H and O–H groups in total. The third-order valence-corrected chi connectivity index (χ3v) is 7.84. The van der Waals surface area contributed by atoms with E-state index in [0.29, 0.717) is 37.1 Å². The molecule has 2 aliphatic rings. The van der Waals surface area contributed by atoms with Crippen LogP contribution in [0.5, 0.6) is 0 Å². The fraction of sp³-hybridized carbons (Fsp3) is 0.467. The van der Waals surface area contributed by atoms with Crippen molar-refractivity contribution in [3.05, 3.63) is 34.1 Å². The Labute approximate surface area is 160 Å². The Morgan fingerprint density at radius 3 is 2.44 bits per heavy atom. The van der Waals surface area contributed by atoms with Gasteiger partial charge in [-0.1, -0.05) is 23.2 Å². The number of nitrogens with zero attached hydrogens (tertiary/aromatic N) is 4. The second-order valence-corrected chi connectivity index (χ2v) is 9.66. The molecule has 0 radical (unpaired) electrons. The SMILES string of the molecule is O=S(=O)(c1ccc(Cl)c(Cl)c1)N1CCN(c2nc(C3CC3)ns2)CC1. The van der Waals surface area contributed by atoms with Gasteiger partial charge in [-0.15, -0.1) is 0 Å². The third-order valence-electron chi connectivity index (χ3n) is 4.41. The van der Waals surface area contributed by atoms with Crippen molar-refractivity contribution in [1.29, 1.82) is 0 Å². The molecule has 10 heteroatoms. The number of anilines is 1. The van der Waals surface area contributed by atoms with Crippen molar-refractivity contribution in [3.63, 3.8) is 0 Å². The molecule has 0 bridgehead atoms. The number of sulfonamides is 1. The van der Waals surface area contributed by atoms with Crippen LogP contribution < -0.4 is 4.90 Å². The van der Waals surface area contributed by atoms with E-state index in [1.807, 2.05) is 0 Å². The van der Waals surface area contributed by atoms with Crippen LogP contribution in [0.25, 0.3) is 0 Å². The summed E-state index contributed by atoms with van der Waals surface area (Å²) < 4.78 is 31.4. The van der Waals surface area contributed by atoms with Crippen LogP contribution in [0.4, 0.5) is 5.13 Å². The number of hydrogen-bond acceptors (Lipinski definition) is 6. The molecule has 1 saturated heterocycles. The zero-order chi connectivity index (χ0) is 17.6. The number of piperazine rings is 1. The van der Waals surface area contributed by atoms with Crippen molar-refractivity contribution >= 4 is 49.9 Å². The monoisotopic (exact) mass is 418 g/mol. The Bertz CT molecular complexity index is 891. The maximum Gasteiger partial charge on any atom is 0.243 e. The van der Waals surface area contributed by atoms with E-state index in [4.69, 9.17) is 23.2 Å². The lowest BCUT2D eigenvalue weighted by Gasteiger charge is -2.33. The average molecular weight is 419 g/mol. The van der Waals surface area contributed by atoms with Crippen LogP contribution >= 0.6 is 34.7 Å². The molecule has 1 aliphatic carbocycles. The normalized spacial score (nSPS) is 19.4. The quantitative estimate of drug-likeness (QED) is 0.761. The Morgan fingerprint density at radius 1 is 1.08 bits per heavy atom. The van der Waals surface area contributed by atoms with Gasteiger partial charge in [0.25, 0.3) is 0 Å². The van der Waals surface area contributed by atoms with E-state index >= 15 is 0 Å². The molecule has 0 unspecified atom stereocenters. The lowest BCUT2D eigenvalue weighted by atomic mass is 10.4. The summed E-state index contributed by atoms with van der Waals surface area (Å²) in [6, 6.07) is 4.40. The smallest absolute Gasteiger partial charge is 0.243 e. The number of halogens is 2. The minimum Gasteiger partial charge on any atom is -0.344 e. The highest BCUT2D eigenvalue weighted by Gasteiger charge is 2.32. The van der Waals surface area contributed by atoms with Crippen LogP contribution in [0, 0.1) is 0 Å². The fourth-order valence-electron chi connectivity index (χ4n) is 2.77. The summed E-state index contributed by atoms with van der Waals surface area (Å²) in [5.74, 6) is 1.46. The first kappa shape index (κ1) is 17.5. The molecule has 1 aromatic carbocycles. The van der Waals surface area contributed by atoms with E-state index in [2.05, 4.69) is 14.3 Å². The topological polar surface area (TPSA) is 66.4 Å². The molecule has 25 heavy (non-hydrogen) atoms. The van der Waals surface area contributed by atoms with Gasteiger partial charge in [-0.3, -0.25) is 0 Å². The molecule has 0 amide bonds. The van der Waals surface area contributed by atoms with Crippen molar-refractivity contribution in [2.75, 3.05) is 31.1 Å². The molecule has 2 fully saturated rings. The molecule has 2 heterocycles. The van der Waals surface area contributed by atoms with Crippen LogP contribution in [0.15, 0.2) is 23.1 Å². The summed E-state index contributed by atoms with van der Waals surface area (Å²) in [7, 11) is -3.57. The van der Waals surface area contributed by atoms with Crippen LogP contribution in [0.2, 0.25) is 10.0 Å². The van der Waals surface area contributed by atoms with Gasteiger partial charge in [-0.25, -0.2) is 13.4 Å². The predicted molar refractivity (Wildman–Crippen MR) is 99.3 cm³/mol. The molecule has 1 aliphatic heterocycles. The first-order valence-corrected chi connectivity index (χ1v) is 11.0. The standard InChI is InChI=1S/C15H16Cl2N4O2S2/c16-12-4-3-11(9-13(12)17)25(22,23)21-7-5-20(6-8-21)15-18-14(19-24-15)10-1-2-10/h3-4,9-10H,1-2,5-8H2. The highest BCUT2D eigenvalue weighted by molar-refractivity contribution is 7.89. The van der Waals surface area contributed by atoms with E-state index in [-0.39, 0.29) is 9.92 Å². The van der Waals surface area contributed by atoms with Crippen LogP contribution in [-0.2, 0) is 10.0 Å². The van der Waals surface area contributed by atoms with Gasteiger partial charge >= 0.3 is 0 Å². The van der Waals surface area contributed by atoms with Gasteiger partial charge in [0, 0.05) is 43.6 Å². The lowest BCUT2D eigenvalue weighted by Crippen LogP contribution is -2.48. The second-order valence-electron chi connectivity index (χ2n) is 6.18. The van der Waals surface area contributed by atoms with Crippen LogP contribution in [0.3, 0.4) is 0 Å².